The van der Waals surface area contributed by atoms with Gasteiger partial charge in [0.2, 0.25) is 0 Å². The van der Waals surface area contributed by atoms with Crippen LogP contribution in [-0.2, 0) is 17.8 Å². The molecule has 0 fully saturated rings. The van der Waals surface area contributed by atoms with E-state index in [9.17, 15) is 9.90 Å². The van der Waals surface area contributed by atoms with E-state index < -0.39 is 11.9 Å². The average molecular weight is 597 g/mol. The van der Waals surface area contributed by atoms with Crippen molar-refractivity contribution in [1.82, 2.24) is 19.9 Å². The van der Waals surface area contributed by atoms with Crippen LogP contribution in [-0.4, -0.2) is 42.9 Å². The maximum atomic E-state index is 12.8. The van der Waals surface area contributed by atoms with Crippen molar-refractivity contribution < 1.29 is 19.4 Å². The summed E-state index contributed by atoms with van der Waals surface area (Å²) in [4.78, 5) is 30.4. The van der Waals surface area contributed by atoms with Crippen molar-refractivity contribution in [2.75, 3.05) is 7.11 Å². The Bertz CT molecular complexity index is 1720. The minimum Gasteiger partial charge on any atom is -0.494 e. The quantitative estimate of drug-likeness (QED) is 0.159. The number of hydrogen-bond donors (Lipinski definition) is 2. The second-order valence-corrected chi connectivity index (χ2v) is 13.4. The zero-order valence-electron chi connectivity index (χ0n) is 25.3. The third-order valence-corrected chi connectivity index (χ3v) is 8.32. The topological polar surface area (TPSA) is 110 Å². The summed E-state index contributed by atoms with van der Waals surface area (Å²) in [6.45, 7) is 10.8. The molecule has 9 heteroatoms. The van der Waals surface area contributed by atoms with Gasteiger partial charge in [0.15, 0.2) is 11.6 Å². The molecule has 1 unspecified atom stereocenters. The first-order chi connectivity index (χ1) is 20.5. The van der Waals surface area contributed by atoms with Gasteiger partial charge in [0.1, 0.15) is 18.3 Å². The van der Waals surface area contributed by atoms with E-state index in [2.05, 4.69) is 40.7 Å². The molecule has 8 nitrogen and oxygen atoms in total. The van der Waals surface area contributed by atoms with Crippen molar-refractivity contribution >= 4 is 28.6 Å². The summed E-state index contributed by atoms with van der Waals surface area (Å²) in [6.07, 6.45) is 5.40. The molecule has 0 saturated carbocycles. The van der Waals surface area contributed by atoms with E-state index in [4.69, 9.17) is 9.47 Å². The predicted molar refractivity (Wildman–Crippen MR) is 170 cm³/mol. The lowest BCUT2D eigenvalue weighted by atomic mass is 9.95. The van der Waals surface area contributed by atoms with E-state index in [1.54, 1.807) is 31.3 Å². The van der Waals surface area contributed by atoms with Crippen LogP contribution < -0.4 is 9.47 Å². The van der Waals surface area contributed by atoms with Crippen molar-refractivity contribution in [3.05, 3.63) is 95.2 Å². The first kappa shape index (κ1) is 30.1. The Morgan fingerprint density at radius 1 is 0.977 bits per heavy atom. The largest absolute Gasteiger partial charge is 0.494 e. The number of pyridine rings is 1. The lowest BCUT2D eigenvalue weighted by Crippen LogP contribution is -2.17. The molecule has 1 atom stereocenters. The van der Waals surface area contributed by atoms with Crippen LogP contribution in [0, 0.1) is 13.8 Å². The molecule has 0 aliphatic rings. The van der Waals surface area contributed by atoms with Gasteiger partial charge in [0.25, 0.3) is 0 Å². The molecule has 0 bridgehead atoms. The summed E-state index contributed by atoms with van der Waals surface area (Å²) in [5.74, 6) is 0.252. The molecule has 5 aromatic rings. The predicted octanol–water partition coefficient (Wildman–Crippen LogP) is 7.53. The van der Waals surface area contributed by atoms with Crippen molar-refractivity contribution in [3.8, 4) is 22.9 Å². The number of carboxylic acid groups (broad SMARTS) is 1. The molecule has 2 N–H and O–H groups in total. The Balaban J connectivity index is 1.47. The number of hydrogen-bond acceptors (Lipinski definition) is 7. The van der Waals surface area contributed by atoms with E-state index in [-0.39, 0.29) is 4.75 Å². The van der Waals surface area contributed by atoms with Gasteiger partial charge in [-0.1, -0.05) is 51.1 Å². The van der Waals surface area contributed by atoms with Gasteiger partial charge in [-0.25, -0.2) is 9.97 Å². The number of fused-ring (bicyclic) bond motifs is 1. The van der Waals surface area contributed by atoms with Gasteiger partial charge in [-0.3, -0.25) is 9.78 Å². The number of methoxy groups -OCH3 is 1. The van der Waals surface area contributed by atoms with Gasteiger partial charge in [-0.05, 0) is 49.6 Å². The highest BCUT2D eigenvalue weighted by atomic mass is 32.2. The molecule has 2 aromatic carbocycles. The third-order valence-electron chi connectivity index (χ3n) is 7.08. The van der Waals surface area contributed by atoms with Crippen molar-refractivity contribution in [2.45, 2.75) is 63.2 Å². The number of carboxylic acids is 1. The van der Waals surface area contributed by atoms with Crippen LogP contribution in [0.4, 0.5) is 0 Å². The summed E-state index contributed by atoms with van der Waals surface area (Å²) in [6, 6.07) is 15.6. The second-order valence-electron chi connectivity index (χ2n) is 11.5. The van der Waals surface area contributed by atoms with Crippen LogP contribution in [0.1, 0.15) is 54.8 Å². The highest BCUT2D eigenvalue weighted by Crippen LogP contribution is 2.45. The Morgan fingerprint density at radius 3 is 2.30 bits per heavy atom. The smallest absolute Gasteiger partial charge is 0.312 e. The zero-order valence-corrected chi connectivity index (χ0v) is 26.1. The highest BCUT2D eigenvalue weighted by molar-refractivity contribution is 8.00. The second kappa shape index (κ2) is 12.5. The SMILES string of the molecule is COc1cnc(-c2ccc(CC(C(=O)O)c3[nH]c4ccc(OCc5ccc(C)cn5)c(C)c4c3SC(C)(C)C)cc2)nc1. The lowest BCUT2D eigenvalue weighted by molar-refractivity contribution is -0.138. The van der Waals surface area contributed by atoms with Crippen LogP contribution in [0.3, 0.4) is 0 Å². The van der Waals surface area contributed by atoms with Gasteiger partial charge >= 0.3 is 5.97 Å². The molecule has 0 amide bonds. The van der Waals surface area contributed by atoms with Crippen LogP contribution in [0.15, 0.2) is 72.0 Å². The summed E-state index contributed by atoms with van der Waals surface area (Å²) in [5, 5.41) is 11.5. The fraction of sp³-hybridized carbons (Fsp3) is 0.294. The van der Waals surface area contributed by atoms with Crippen LogP contribution in [0.5, 0.6) is 11.5 Å². The summed E-state index contributed by atoms with van der Waals surface area (Å²) in [7, 11) is 1.57. The number of H-pyrrole nitrogens is 1. The average Bonchev–Trinajstić information content (AvgIpc) is 3.33. The van der Waals surface area contributed by atoms with Crippen molar-refractivity contribution in [2.24, 2.45) is 0 Å². The number of nitrogens with zero attached hydrogens (tertiary/aromatic N) is 3. The zero-order chi connectivity index (χ0) is 30.7. The Kier molecular flexibility index (Phi) is 8.73. The lowest BCUT2D eigenvalue weighted by Gasteiger charge is -2.21. The number of aromatic nitrogens is 4. The molecular weight excluding hydrogens is 560 g/mol. The molecule has 3 aromatic heterocycles. The normalized spacial score (nSPS) is 12.3. The fourth-order valence-electron chi connectivity index (χ4n) is 4.88. The fourth-order valence-corrected chi connectivity index (χ4v) is 6.17. The number of aliphatic carboxylic acids is 1. The van der Waals surface area contributed by atoms with E-state index in [0.29, 0.717) is 30.3 Å². The van der Waals surface area contributed by atoms with Gasteiger partial charge in [-0.15, -0.1) is 11.8 Å². The number of aromatic amines is 1. The number of aryl methyl sites for hydroxylation is 2. The highest BCUT2D eigenvalue weighted by Gasteiger charge is 2.30. The molecule has 0 aliphatic carbocycles. The van der Waals surface area contributed by atoms with Crippen LogP contribution in [0.25, 0.3) is 22.3 Å². The number of nitrogens with one attached hydrogen (secondary N) is 1. The number of rotatable bonds is 10. The Hall–Kier alpha value is -4.37. The van der Waals surface area contributed by atoms with Crippen LogP contribution >= 0.6 is 11.8 Å². The monoisotopic (exact) mass is 596 g/mol. The molecule has 0 radical (unpaired) electrons. The van der Waals surface area contributed by atoms with Crippen molar-refractivity contribution in [3.63, 3.8) is 0 Å². The van der Waals surface area contributed by atoms with E-state index in [1.807, 2.05) is 68.6 Å². The molecule has 222 valence electrons. The third kappa shape index (κ3) is 7.00. The van der Waals surface area contributed by atoms with E-state index in [0.717, 1.165) is 49.5 Å². The van der Waals surface area contributed by atoms with E-state index >= 15 is 0 Å². The van der Waals surface area contributed by atoms with E-state index in [1.165, 1.54) is 0 Å². The van der Waals surface area contributed by atoms with Crippen LogP contribution in [0.2, 0.25) is 0 Å². The molecule has 0 aliphatic heterocycles. The van der Waals surface area contributed by atoms with Gasteiger partial charge < -0.3 is 19.6 Å². The molecule has 0 spiro atoms. The summed E-state index contributed by atoms with van der Waals surface area (Å²) < 4.78 is 11.2. The molecule has 43 heavy (non-hydrogen) atoms. The standard InChI is InChI=1S/C34H36N4O4S/c1-20-7-12-24(35-16-20)19-42-28-14-13-27-29(21(28)2)31(43-34(3,4)5)30(38-27)26(33(39)40)15-22-8-10-23(11-9-22)32-36-17-25(41-6)18-37-32/h7-14,16-18,26,38H,15,19H2,1-6H3,(H,39,40). The number of carbonyl (C=O) groups is 1. The first-order valence-electron chi connectivity index (χ1n) is 14.1. The molecule has 5 rings (SSSR count). The first-order valence-corrected chi connectivity index (χ1v) is 14.9. The summed E-state index contributed by atoms with van der Waals surface area (Å²) in [5.41, 5.74) is 6.24. The van der Waals surface area contributed by atoms with Gasteiger partial charge in [0, 0.05) is 43.6 Å². The molecular formula is C34H36N4O4S. The number of benzene rings is 2. The molecule has 0 saturated heterocycles. The maximum absolute atomic E-state index is 12.8. The van der Waals surface area contributed by atoms with Crippen molar-refractivity contribution in [1.29, 1.82) is 0 Å². The maximum Gasteiger partial charge on any atom is 0.312 e. The number of ether oxygens (including phenoxy) is 2. The van der Waals surface area contributed by atoms with Gasteiger partial charge in [0.05, 0.1) is 25.2 Å². The Labute approximate surface area is 255 Å². The summed E-state index contributed by atoms with van der Waals surface area (Å²) >= 11 is 1.67. The molecule has 3 heterocycles. The van der Waals surface area contributed by atoms with Gasteiger partial charge in [-0.2, -0.15) is 0 Å². The minimum absolute atomic E-state index is 0.151. The minimum atomic E-state index is -0.885. The Morgan fingerprint density at radius 2 is 1.70 bits per heavy atom. The number of thioether (sulfide) groups is 1.